The Morgan fingerprint density at radius 1 is 1.58 bits per heavy atom. The summed E-state index contributed by atoms with van der Waals surface area (Å²) in [6.07, 6.45) is 4.02. The Balaban J connectivity index is 2.15. The minimum atomic E-state index is -1.10. The van der Waals surface area contributed by atoms with E-state index < -0.39 is 5.97 Å². The molecule has 1 fully saturated rings. The fourth-order valence-electron chi connectivity index (χ4n) is 2.23. The SMILES string of the molecule is Cn1cncc1-c1c(C(=O)O)nnn1C1CCOC1. The van der Waals surface area contributed by atoms with Gasteiger partial charge in [-0.1, -0.05) is 5.21 Å². The second-order valence-electron chi connectivity index (χ2n) is 4.44. The number of imidazole rings is 1. The third-order valence-electron chi connectivity index (χ3n) is 3.21. The van der Waals surface area contributed by atoms with Gasteiger partial charge < -0.3 is 14.4 Å². The number of aryl methyl sites for hydroxylation is 1. The fraction of sp³-hybridized carbons (Fsp3) is 0.455. The second kappa shape index (κ2) is 4.47. The van der Waals surface area contributed by atoms with Crippen LogP contribution in [0.2, 0.25) is 0 Å². The summed E-state index contributed by atoms with van der Waals surface area (Å²) >= 11 is 0. The minimum Gasteiger partial charge on any atom is -0.476 e. The van der Waals surface area contributed by atoms with Gasteiger partial charge in [0.05, 0.1) is 30.9 Å². The van der Waals surface area contributed by atoms with E-state index in [9.17, 15) is 9.90 Å². The maximum Gasteiger partial charge on any atom is 0.358 e. The molecule has 0 saturated carbocycles. The molecular formula is C11H13N5O3. The van der Waals surface area contributed by atoms with Crippen molar-refractivity contribution in [3.8, 4) is 11.4 Å². The Labute approximate surface area is 108 Å². The summed E-state index contributed by atoms with van der Waals surface area (Å²) in [5.74, 6) is -1.10. The van der Waals surface area contributed by atoms with Crippen molar-refractivity contribution in [1.82, 2.24) is 24.5 Å². The monoisotopic (exact) mass is 263 g/mol. The van der Waals surface area contributed by atoms with Crippen molar-refractivity contribution in [1.29, 1.82) is 0 Å². The standard InChI is InChI=1S/C11H13N5O3/c1-15-6-12-4-8(15)10-9(11(17)18)13-14-16(10)7-2-3-19-5-7/h4,6-7H,2-3,5H2,1H3,(H,17,18). The van der Waals surface area contributed by atoms with Gasteiger partial charge in [0.1, 0.15) is 5.69 Å². The van der Waals surface area contributed by atoms with Crippen LogP contribution in [0.15, 0.2) is 12.5 Å². The highest BCUT2D eigenvalue weighted by Gasteiger charge is 2.28. The first-order valence-corrected chi connectivity index (χ1v) is 5.91. The van der Waals surface area contributed by atoms with E-state index in [-0.39, 0.29) is 11.7 Å². The van der Waals surface area contributed by atoms with Crippen LogP contribution >= 0.6 is 0 Å². The molecule has 100 valence electrons. The number of carbonyl (C=O) groups is 1. The van der Waals surface area contributed by atoms with Crippen LogP contribution in [0.5, 0.6) is 0 Å². The van der Waals surface area contributed by atoms with Crippen LogP contribution in [0.4, 0.5) is 0 Å². The number of hydrogen-bond acceptors (Lipinski definition) is 5. The van der Waals surface area contributed by atoms with Crippen LogP contribution in [0.3, 0.4) is 0 Å². The summed E-state index contributed by atoms with van der Waals surface area (Å²) in [4.78, 5) is 15.3. The molecule has 3 heterocycles. The molecule has 2 aromatic heterocycles. The zero-order valence-corrected chi connectivity index (χ0v) is 10.4. The summed E-state index contributed by atoms with van der Waals surface area (Å²) in [6, 6.07) is 0.0190. The average Bonchev–Trinajstić information content (AvgIpc) is 3.06. The van der Waals surface area contributed by atoms with Crippen LogP contribution < -0.4 is 0 Å². The van der Waals surface area contributed by atoms with E-state index >= 15 is 0 Å². The van der Waals surface area contributed by atoms with Gasteiger partial charge >= 0.3 is 5.97 Å². The Hall–Kier alpha value is -2.22. The van der Waals surface area contributed by atoms with E-state index in [2.05, 4.69) is 15.3 Å². The molecule has 1 saturated heterocycles. The summed E-state index contributed by atoms with van der Waals surface area (Å²) in [5, 5.41) is 17.0. The molecule has 8 nitrogen and oxygen atoms in total. The molecule has 0 aliphatic carbocycles. The van der Waals surface area contributed by atoms with Crippen molar-refractivity contribution in [2.24, 2.45) is 7.05 Å². The lowest BCUT2D eigenvalue weighted by molar-refractivity contribution is 0.0691. The molecule has 19 heavy (non-hydrogen) atoms. The summed E-state index contributed by atoms with van der Waals surface area (Å²) in [5.41, 5.74) is 1.09. The molecule has 1 unspecified atom stereocenters. The van der Waals surface area contributed by atoms with Crippen molar-refractivity contribution in [3.63, 3.8) is 0 Å². The molecule has 2 aromatic rings. The lowest BCUT2D eigenvalue weighted by Crippen LogP contribution is -2.13. The Bertz CT molecular complexity index is 612. The summed E-state index contributed by atoms with van der Waals surface area (Å²) in [6.45, 7) is 1.17. The molecule has 0 aromatic carbocycles. The smallest absolute Gasteiger partial charge is 0.358 e. The fourth-order valence-corrected chi connectivity index (χ4v) is 2.23. The Morgan fingerprint density at radius 2 is 2.42 bits per heavy atom. The van der Waals surface area contributed by atoms with Crippen molar-refractivity contribution in [3.05, 3.63) is 18.2 Å². The van der Waals surface area contributed by atoms with Crippen LogP contribution in [0, 0.1) is 0 Å². The molecule has 1 aliphatic rings. The molecular weight excluding hydrogens is 250 g/mol. The zero-order chi connectivity index (χ0) is 13.4. The van der Waals surface area contributed by atoms with Gasteiger partial charge in [-0.25, -0.2) is 14.5 Å². The van der Waals surface area contributed by atoms with Gasteiger partial charge in [-0.05, 0) is 6.42 Å². The molecule has 0 radical (unpaired) electrons. The van der Waals surface area contributed by atoms with Gasteiger partial charge in [-0.2, -0.15) is 0 Å². The van der Waals surface area contributed by atoms with E-state index in [1.807, 2.05) is 0 Å². The Morgan fingerprint density at radius 3 is 3.00 bits per heavy atom. The van der Waals surface area contributed by atoms with Crippen LogP contribution in [-0.4, -0.2) is 48.8 Å². The number of nitrogens with zero attached hydrogens (tertiary/aromatic N) is 5. The predicted molar refractivity (Wildman–Crippen MR) is 63.7 cm³/mol. The predicted octanol–water partition coefficient (Wildman–Crippen LogP) is 0.338. The van der Waals surface area contributed by atoms with E-state index in [0.29, 0.717) is 24.6 Å². The third-order valence-corrected chi connectivity index (χ3v) is 3.21. The van der Waals surface area contributed by atoms with Gasteiger partial charge in [0.25, 0.3) is 0 Å². The maximum absolute atomic E-state index is 11.3. The highest BCUT2D eigenvalue weighted by Crippen LogP contribution is 2.28. The maximum atomic E-state index is 11.3. The third kappa shape index (κ3) is 1.89. The second-order valence-corrected chi connectivity index (χ2v) is 4.44. The summed E-state index contributed by atoms with van der Waals surface area (Å²) < 4.78 is 8.71. The molecule has 0 bridgehead atoms. The summed E-state index contributed by atoms with van der Waals surface area (Å²) in [7, 11) is 1.80. The average molecular weight is 263 g/mol. The molecule has 1 N–H and O–H groups in total. The van der Waals surface area contributed by atoms with E-state index in [0.717, 1.165) is 6.42 Å². The van der Waals surface area contributed by atoms with Gasteiger partial charge in [-0.15, -0.1) is 5.10 Å². The van der Waals surface area contributed by atoms with Crippen molar-refractivity contribution < 1.29 is 14.6 Å². The molecule has 1 atom stereocenters. The van der Waals surface area contributed by atoms with E-state index in [1.165, 1.54) is 0 Å². The van der Waals surface area contributed by atoms with Crippen LogP contribution in [0.25, 0.3) is 11.4 Å². The van der Waals surface area contributed by atoms with Gasteiger partial charge in [0, 0.05) is 13.7 Å². The molecule has 0 spiro atoms. The number of ether oxygens (including phenoxy) is 1. The molecule has 3 rings (SSSR count). The molecule has 8 heteroatoms. The first kappa shape index (κ1) is 11.8. The lowest BCUT2D eigenvalue weighted by Gasteiger charge is -2.12. The number of aromatic nitrogens is 5. The molecule has 0 amide bonds. The lowest BCUT2D eigenvalue weighted by atomic mass is 10.2. The van der Waals surface area contributed by atoms with Crippen molar-refractivity contribution in [2.75, 3.05) is 13.2 Å². The van der Waals surface area contributed by atoms with Crippen LogP contribution in [0.1, 0.15) is 23.0 Å². The number of rotatable bonds is 3. The highest BCUT2D eigenvalue weighted by molar-refractivity contribution is 5.92. The van der Waals surface area contributed by atoms with Crippen LogP contribution in [-0.2, 0) is 11.8 Å². The zero-order valence-electron chi connectivity index (χ0n) is 10.4. The quantitative estimate of drug-likeness (QED) is 0.857. The number of carboxylic acids is 1. The topological polar surface area (TPSA) is 95.1 Å². The number of aromatic carboxylic acids is 1. The van der Waals surface area contributed by atoms with Gasteiger partial charge in [-0.3, -0.25) is 0 Å². The number of hydrogen-bond donors (Lipinski definition) is 1. The number of carboxylic acid groups (broad SMARTS) is 1. The Kier molecular flexibility index (Phi) is 2.79. The first-order chi connectivity index (χ1) is 9.18. The molecule has 1 aliphatic heterocycles. The van der Waals surface area contributed by atoms with Crippen molar-refractivity contribution >= 4 is 5.97 Å². The normalized spacial score (nSPS) is 18.9. The minimum absolute atomic E-state index is 0.0190. The largest absolute Gasteiger partial charge is 0.476 e. The van der Waals surface area contributed by atoms with E-state index in [4.69, 9.17) is 4.74 Å². The highest BCUT2D eigenvalue weighted by atomic mass is 16.5. The van der Waals surface area contributed by atoms with Gasteiger partial charge in [0.2, 0.25) is 0 Å². The van der Waals surface area contributed by atoms with Gasteiger partial charge in [0.15, 0.2) is 5.69 Å². The van der Waals surface area contributed by atoms with E-state index in [1.54, 1.807) is 28.8 Å². The van der Waals surface area contributed by atoms with Crippen molar-refractivity contribution in [2.45, 2.75) is 12.5 Å². The first-order valence-electron chi connectivity index (χ1n) is 5.91.